The molecule has 2 heterocycles. The molecule has 7 heteroatoms. The number of hydrogen-bond donors (Lipinski definition) is 2. The summed E-state index contributed by atoms with van der Waals surface area (Å²) in [5, 5.41) is 11.4. The topological polar surface area (TPSA) is 57.5 Å². The number of aromatic nitrogens is 2. The number of piperidine rings is 1. The van der Waals surface area contributed by atoms with Crippen LogP contribution in [0.4, 0.5) is 0 Å². The Hall–Kier alpha value is -0.830. The highest BCUT2D eigenvalue weighted by Gasteiger charge is 2.27. The molecule has 1 aromatic heterocycles. The molecule has 150 valence electrons. The van der Waals surface area contributed by atoms with Crippen LogP contribution < -0.4 is 10.6 Å². The molecule has 0 amide bonds. The fourth-order valence-corrected chi connectivity index (χ4v) is 3.46. The van der Waals surface area contributed by atoms with E-state index >= 15 is 0 Å². The van der Waals surface area contributed by atoms with Gasteiger partial charge in [-0.05, 0) is 60.5 Å². The number of aryl methyl sites for hydroxylation is 2. The highest BCUT2D eigenvalue weighted by Crippen LogP contribution is 2.19. The standard InChI is InChI=1S/C19H36N6.HI/c1-7-20-18(21-13-17-15(2)23-24(6)16(17)3)22-14-19(4,5)25-11-9-8-10-12-25;/h7-14H2,1-6H3,(H2,20,21,22);1H. The molecule has 2 N–H and O–H groups in total. The third-order valence-corrected chi connectivity index (χ3v) is 5.30. The van der Waals surface area contributed by atoms with Crippen molar-refractivity contribution >= 4 is 29.9 Å². The second-order valence-electron chi connectivity index (χ2n) is 7.68. The van der Waals surface area contributed by atoms with E-state index in [0.29, 0.717) is 6.54 Å². The zero-order valence-electron chi connectivity index (χ0n) is 17.4. The molecule has 0 radical (unpaired) electrons. The lowest BCUT2D eigenvalue weighted by atomic mass is 9.98. The molecular formula is C19H37IN6. The van der Waals surface area contributed by atoms with E-state index in [2.05, 4.69) is 55.3 Å². The van der Waals surface area contributed by atoms with Crippen LogP contribution in [0.1, 0.15) is 57.0 Å². The number of nitrogens with zero attached hydrogens (tertiary/aromatic N) is 4. The number of guanidine groups is 1. The quantitative estimate of drug-likeness (QED) is 0.377. The third-order valence-electron chi connectivity index (χ3n) is 5.30. The zero-order valence-corrected chi connectivity index (χ0v) is 19.7. The number of nitrogens with one attached hydrogen (secondary N) is 2. The first-order chi connectivity index (χ1) is 11.8. The number of aliphatic imine (C=N–C) groups is 1. The van der Waals surface area contributed by atoms with E-state index in [1.807, 2.05) is 11.7 Å². The van der Waals surface area contributed by atoms with Gasteiger partial charge in [-0.15, -0.1) is 24.0 Å². The maximum absolute atomic E-state index is 4.79. The first kappa shape index (κ1) is 23.2. The Kier molecular flexibility index (Phi) is 9.36. The molecule has 2 rings (SSSR count). The largest absolute Gasteiger partial charge is 0.357 e. The van der Waals surface area contributed by atoms with Crippen LogP contribution in [0.3, 0.4) is 0 Å². The summed E-state index contributed by atoms with van der Waals surface area (Å²) < 4.78 is 1.93. The van der Waals surface area contributed by atoms with Gasteiger partial charge in [0, 0.05) is 36.9 Å². The molecule has 0 aromatic carbocycles. The van der Waals surface area contributed by atoms with E-state index in [1.165, 1.54) is 43.6 Å². The van der Waals surface area contributed by atoms with E-state index in [1.54, 1.807) is 0 Å². The molecule has 1 saturated heterocycles. The van der Waals surface area contributed by atoms with E-state index < -0.39 is 0 Å². The van der Waals surface area contributed by atoms with Crippen molar-refractivity contribution in [2.24, 2.45) is 12.0 Å². The van der Waals surface area contributed by atoms with Crippen molar-refractivity contribution in [2.45, 2.75) is 66.0 Å². The molecule has 1 aromatic rings. The summed E-state index contributed by atoms with van der Waals surface area (Å²) in [4.78, 5) is 7.39. The Bertz CT molecular complexity index is 587. The Morgan fingerprint density at radius 1 is 1.15 bits per heavy atom. The average molecular weight is 476 g/mol. The van der Waals surface area contributed by atoms with Gasteiger partial charge in [0.05, 0.1) is 12.2 Å². The fourth-order valence-electron chi connectivity index (χ4n) is 3.46. The third kappa shape index (κ3) is 6.11. The summed E-state index contributed by atoms with van der Waals surface area (Å²) in [5.41, 5.74) is 3.60. The summed E-state index contributed by atoms with van der Waals surface area (Å²) in [7, 11) is 1.99. The van der Waals surface area contributed by atoms with Crippen LogP contribution in [0.2, 0.25) is 0 Å². The van der Waals surface area contributed by atoms with Gasteiger partial charge in [-0.3, -0.25) is 9.58 Å². The van der Waals surface area contributed by atoms with Gasteiger partial charge >= 0.3 is 0 Å². The highest BCUT2D eigenvalue weighted by atomic mass is 127. The van der Waals surface area contributed by atoms with Crippen LogP contribution in [0, 0.1) is 13.8 Å². The molecule has 0 aliphatic carbocycles. The Morgan fingerprint density at radius 3 is 2.35 bits per heavy atom. The maximum Gasteiger partial charge on any atom is 0.191 e. The van der Waals surface area contributed by atoms with Gasteiger partial charge < -0.3 is 10.6 Å². The minimum atomic E-state index is 0. The summed E-state index contributed by atoms with van der Waals surface area (Å²) in [6.45, 7) is 15.7. The minimum absolute atomic E-state index is 0. The molecule has 6 nitrogen and oxygen atoms in total. The monoisotopic (exact) mass is 476 g/mol. The SMILES string of the molecule is CCNC(=NCc1c(C)nn(C)c1C)NCC(C)(C)N1CCCCC1.I. The van der Waals surface area contributed by atoms with Crippen molar-refractivity contribution in [1.29, 1.82) is 0 Å². The average Bonchev–Trinajstić information content (AvgIpc) is 2.83. The number of likely N-dealkylation sites (tertiary alicyclic amines) is 1. The second kappa shape index (κ2) is 10.5. The van der Waals surface area contributed by atoms with Gasteiger partial charge in [-0.2, -0.15) is 5.10 Å². The van der Waals surface area contributed by atoms with Gasteiger partial charge in [-0.1, -0.05) is 6.42 Å². The van der Waals surface area contributed by atoms with E-state index in [-0.39, 0.29) is 29.5 Å². The van der Waals surface area contributed by atoms with Crippen molar-refractivity contribution in [1.82, 2.24) is 25.3 Å². The van der Waals surface area contributed by atoms with Crippen molar-refractivity contribution < 1.29 is 0 Å². The molecule has 1 aliphatic rings. The van der Waals surface area contributed by atoms with Gasteiger partial charge in [0.25, 0.3) is 0 Å². The fraction of sp³-hybridized carbons (Fsp3) is 0.789. The molecule has 1 fully saturated rings. The van der Waals surface area contributed by atoms with Gasteiger partial charge in [-0.25, -0.2) is 4.99 Å². The molecule has 26 heavy (non-hydrogen) atoms. The summed E-state index contributed by atoms with van der Waals surface area (Å²) in [6.07, 6.45) is 4.00. The first-order valence-electron chi connectivity index (χ1n) is 9.61. The predicted octanol–water partition coefficient (Wildman–Crippen LogP) is 2.97. The normalized spacial score (nSPS) is 16.3. The number of rotatable bonds is 6. The van der Waals surface area contributed by atoms with Gasteiger partial charge in [0.1, 0.15) is 0 Å². The Morgan fingerprint density at radius 2 is 1.81 bits per heavy atom. The van der Waals surface area contributed by atoms with Crippen molar-refractivity contribution in [3.8, 4) is 0 Å². The van der Waals surface area contributed by atoms with E-state index in [9.17, 15) is 0 Å². The van der Waals surface area contributed by atoms with Crippen LogP contribution in [0.25, 0.3) is 0 Å². The van der Waals surface area contributed by atoms with E-state index in [0.717, 1.165) is 24.7 Å². The lowest BCUT2D eigenvalue weighted by Crippen LogP contribution is -2.54. The van der Waals surface area contributed by atoms with Crippen LogP contribution in [-0.2, 0) is 13.6 Å². The van der Waals surface area contributed by atoms with E-state index in [4.69, 9.17) is 4.99 Å². The number of hydrogen-bond acceptors (Lipinski definition) is 3. The molecule has 1 aliphatic heterocycles. The molecule has 0 atom stereocenters. The Balaban J connectivity index is 0.00000338. The summed E-state index contributed by atoms with van der Waals surface area (Å²) >= 11 is 0. The lowest BCUT2D eigenvalue weighted by Gasteiger charge is -2.41. The van der Waals surface area contributed by atoms with Crippen LogP contribution >= 0.6 is 24.0 Å². The summed E-state index contributed by atoms with van der Waals surface area (Å²) in [5.74, 6) is 0.884. The van der Waals surface area contributed by atoms with Gasteiger partial charge in [0.2, 0.25) is 0 Å². The molecular weight excluding hydrogens is 439 g/mol. The lowest BCUT2D eigenvalue weighted by molar-refractivity contribution is 0.0982. The summed E-state index contributed by atoms with van der Waals surface area (Å²) in [6, 6.07) is 0. The van der Waals surface area contributed by atoms with Crippen molar-refractivity contribution in [3.63, 3.8) is 0 Å². The van der Waals surface area contributed by atoms with Crippen LogP contribution in [0.5, 0.6) is 0 Å². The first-order valence-corrected chi connectivity index (χ1v) is 9.61. The smallest absolute Gasteiger partial charge is 0.191 e. The molecule has 0 saturated carbocycles. The van der Waals surface area contributed by atoms with Crippen molar-refractivity contribution in [2.75, 3.05) is 26.2 Å². The van der Waals surface area contributed by atoms with Crippen molar-refractivity contribution in [3.05, 3.63) is 17.0 Å². The highest BCUT2D eigenvalue weighted by molar-refractivity contribution is 14.0. The van der Waals surface area contributed by atoms with Crippen LogP contribution in [-0.4, -0.2) is 52.4 Å². The molecule has 0 unspecified atom stereocenters. The zero-order chi connectivity index (χ0) is 18.4. The number of halogens is 1. The minimum Gasteiger partial charge on any atom is -0.357 e. The predicted molar refractivity (Wildman–Crippen MR) is 120 cm³/mol. The maximum atomic E-state index is 4.79. The van der Waals surface area contributed by atoms with Gasteiger partial charge in [0.15, 0.2) is 5.96 Å². The second-order valence-corrected chi connectivity index (χ2v) is 7.68. The Labute approximate surface area is 176 Å². The van der Waals surface area contributed by atoms with Crippen LogP contribution in [0.15, 0.2) is 4.99 Å². The molecule has 0 bridgehead atoms. The molecule has 0 spiro atoms.